The molecule has 0 aromatic heterocycles. The van der Waals surface area contributed by atoms with Gasteiger partial charge in [-0.2, -0.15) is 0 Å². The average molecular weight is 562 g/mol. The minimum Gasteiger partial charge on any atom is 0 e. The van der Waals surface area contributed by atoms with Crippen LogP contribution in [0.15, 0.2) is 0 Å². The van der Waals surface area contributed by atoms with Crippen LogP contribution in [0, 0.1) is 41.9 Å². The van der Waals surface area contributed by atoms with Gasteiger partial charge in [0.1, 0.15) is 0 Å². The monoisotopic (exact) mass is 562 g/mol. The third-order valence-corrected chi connectivity index (χ3v) is 13.2. The largest absolute Gasteiger partial charge is 0 e. The van der Waals surface area contributed by atoms with E-state index in [1.54, 1.807) is 0 Å². The Labute approximate surface area is 211 Å². The molecule has 9 atom stereocenters. The normalized spacial score (nSPS) is 40.8. The van der Waals surface area contributed by atoms with Gasteiger partial charge < -0.3 is 0 Å². The van der Waals surface area contributed by atoms with Gasteiger partial charge in [0.15, 0.2) is 0 Å². The molecule has 27 heavy (non-hydrogen) atoms. The molecule has 2 saturated carbocycles. The molecule has 0 spiro atoms. The van der Waals surface area contributed by atoms with Gasteiger partial charge in [0.2, 0.25) is 0 Å². The van der Waals surface area contributed by atoms with E-state index in [9.17, 15) is 0 Å². The van der Waals surface area contributed by atoms with Crippen LogP contribution in [-0.4, -0.2) is 34.4 Å². The first kappa shape index (κ1) is 28.1. The van der Waals surface area contributed by atoms with Gasteiger partial charge >= 0.3 is 180 Å². The quantitative estimate of drug-likeness (QED) is 0.218. The second-order valence-corrected chi connectivity index (χ2v) is 19.9. The Morgan fingerprint density at radius 3 is 1.85 bits per heavy atom. The minimum atomic E-state index is -1.97. The van der Waals surface area contributed by atoms with Crippen molar-refractivity contribution in [1.29, 1.82) is 0 Å². The maximum Gasteiger partial charge on any atom is 0 e. The Morgan fingerprint density at radius 2 is 1.44 bits per heavy atom. The number of hydrogen-bond donors (Lipinski definition) is 0. The molecule has 151 valence electrons. The summed E-state index contributed by atoms with van der Waals surface area (Å²) in [5.74, 6) is 4.14. The van der Waals surface area contributed by atoms with Gasteiger partial charge in [0.05, 0.1) is 0 Å². The van der Waals surface area contributed by atoms with Crippen LogP contribution >= 0.6 is 11.5 Å². The van der Waals surface area contributed by atoms with E-state index in [0.29, 0.717) is 24.4 Å². The predicted octanol–water partition coefficient (Wildman–Crippen LogP) is 5.66. The molecule has 2 fully saturated rings. The third kappa shape index (κ3) is 8.85. The third-order valence-electron chi connectivity index (χ3n) is 6.37. The van der Waals surface area contributed by atoms with E-state index in [-0.39, 0.29) is 38.5 Å². The van der Waals surface area contributed by atoms with E-state index in [1.165, 1.54) is 6.42 Å². The van der Waals surface area contributed by atoms with Crippen molar-refractivity contribution in [2.24, 2.45) is 35.5 Å². The molecule has 3 nitrogen and oxygen atoms in total. The standard InChI is InChI=1S/C18H34BO3P2.2V.Y/c1-12-7-17(15(4)14(12)3)11-21-24(6)22-23(5)20-10-16-9-18(19)8-13(16)2;;;/h8,12-18H,7,9-11H2,1-6H3;;;/q-1;;;/t12-,13?,14-,15?,16-,17-,18+,23?,24?;;;/m1.../s1. The Bertz CT molecular complexity index is 583. The van der Waals surface area contributed by atoms with Gasteiger partial charge in [-0.05, 0) is 0 Å². The Kier molecular flexibility index (Phi) is 12.3. The van der Waals surface area contributed by atoms with Crippen LogP contribution < -0.4 is 0 Å². The molecule has 9 heteroatoms. The molecule has 0 aromatic rings. The van der Waals surface area contributed by atoms with Crippen LogP contribution in [0.25, 0.3) is 0 Å². The molecule has 2 aliphatic carbocycles. The molecule has 0 heterocycles. The van der Waals surface area contributed by atoms with Crippen molar-refractivity contribution >= 4 is 19.3 Å². The molecule has 0 amide bonds. The molecule has 0 bridgehead atoms. The second kappa shape index (κ2) is 11.8. The van der Waals surface area contributed by atoms with Crippen molar-refractivity contribution in [1.82, 2.24) is 0 Å². The van der Waals surface area contributed by atoms with Gasteiger partial charge in [0.25, 0.3) is 0 Å². The van der Waals surface area contributed by atoms with Gasteiger partial charge in [-0.15, -0.1) is 0 Å². The molecule has 0 aromatic carbocycles. The van der Waals surface area contributed by atoms with Gasteiger partial charge in [0, 0.05) is 32.7 Å². The van der Waals surface area contributed by atoms with E-state index in [4.69, 9.17) is 21.2 Å². The van der Waals surface area contributed by atoms with Crippen molar-refractivity contribution in [3.05, 3.63) is 6.42 Å². The molecular weight excluding hydrogens is 528 g/mol. The van der Waals surface area contributed by atoms with Crippen molar-refractivity contribution in [3.8, 4) is 0 Å². The SMILES string of the molecule is [B][C@H]1[CH-]C(C)[C@@H](CO[P](C)(=[V])O[P](C)(=[V])OC[C@H]2C[C@@H](C)[C@@H](C)C2C)C1.[Y]. The number of rotatable bonds is 8. The van der Waals surface area contributed by atoms with E-state index >= 15 is 0 Å². The van der Waals surface area contributed by atoms with Crippen LogP contribution in [0.5, 0.6) is 0 Å². The zero-order valence-corrected chi connectivity index (χ0v) is 25.0. The van der Waals surface area contributed by atoms with Crippen LogP contribution in [0.4, 0.5) is 0 Å². The number of hydrogen-bond acceptors (Lipinski definition) is 3. The van der Waals surface area contributed by atoms with Gasteiger partial charge in [-0.1, -0.05) is 0 Å². The summed E-state index contributed by atoms with van der Waals surface area (Å²) in [6.07, 6.45) is 4.50. The van der Waals surface area contributed by atoms with Crippen molar-refractivity contribution < 1.29 is 79.0 Å². The molecule has 2 rings (SSSR count). The summed E-state index contributed by atoms with van der Waals surface area (Å²) in [6.45, 7) is 15.0. The first-order valence-corrected chi connectivity index (χ1v) is 17.5. The van der Waals surface area contributed by atoms with Crippen molar-refractivity contribution in [2.45, 2.75) is 46.4 Å². The fraction of sp³-hybridized carbons (Fsp3) is 0.944. The first-order chi connectivity index (χ1) is 11.9. The molecule has 3 radical (unpaired) electrons. The van der Waals surface area contributed by atoms with E-state index in [0.717, 1.165) is 30.8 Å². The van der Waals surface area contributed by atoms with E-state index < -0.39 is 11.5 Å². The summed E-state index contributed by atoms with van der Waals surface area (Å²) < 4.78 is 18.9. The molecule has 4 unspecified atom stereocenters. The average Bonchev–Trinajstić information content (AvgIpc) is 2.95. The minimum absolute atomic E-state index is 0. The zero-order chi connectivity index (χ0) is 19.7. The fourth-order valence-electron chi connectivity index (χ4n) is 4.28. The maximum atomic E-state index is 6.38. The Morgan fingerprint density at radius 1 is 0.926 bits per heavy atom. The summed E-state index contributed by atoms with van der Waals surface area (Å²) in [6, 6.07) is 0. The molecule has 0 N–H and O–H groups in total. The first-order valence-electron chi connectivity index (χ1n) is 9.69. The summed E-state index contributed by atoms with van der Waals surface area (Å²) in [7, 11) is 6.03. The summed E-state index contributed by atoms with van der Waals surface area (Å²) in [5, 5.41) is 0. The summed E-state index contributed by atoms with van der Waals surface area (Å²) in [5.41, 5.74) is -3.93. The maximum absolute atomic E-state index is 6.38. The summed E-state index contributed by atoms with van der Waals surface area (Å²) >= 11 is 5.30. The van der Waals surface area contributed by atoms with Crippen molar-refractivity contribution in [2.75, 3.05) is 26.5 Å². The van der Waals surface area contributed by atoms with Gasteiger partial charge in [-0.3, -0.25) is 0 Å². The molecule has 0 saturated heterocycles. The molecular formula is C18H34BO3P2V2Y-. The van der Waals surface area contributed by atoms with Crippen LogP contribution in [-0.2, 0) is 79.0 Å². The van der Waals surface area contributed by atoms with Crippen LogP contribution in [0.3, 0.4) is 0 Å². The topological polar surface area (TPSA) is 27.7 Å². The van der Waals surface area contributed by atoms with Gasteiger partial charge in [-0.25, -0.2) is 0 Å². The Hall–Kier alpha value is 3.08. The summed E-state index contributed by atoms with van der Waals surface area (Å²) in [4.78, 5) is 0. The molecule has 2 aliphatic rings. The van der Waals surface area contributed by atoms with Crippen LogP contribution in [0.1, 0.15) is 40.5 Å². The predicted molar refractivity (Wildman–Crippen MR) is 105 cm³/mol. The Balaban J connectivity index is 0.00000364. The smallest absolute Gasteiger partial charge is 0 e. The molecule has 0 aliphatic heterocycles. The fourth-order valence-corrected chi connectivity index (χ4v) is 13.7. The van der Waals surface area contributed by atoms with Crippen LogP contribution in [0.2, 0.25) is 5.82 Å². The van der Waals surface area contributed by atoms with E-state index in [2.05, 4.69) is 80.4 Å². The second-order valence-electron chi connectivity index (χ2n) is 8.68. The van der Waals surface area contributed by atoms with E-state index in [1.807, 2.05) is 0 Å². The zero-order valence-electron chi connectivity index (χ0n) is 17.6. The van der Waals surface area contributed by atoms with Crippen molar-refractivity contribution in [3.63, 3.8) is 0 Å².